The molecule has 0 aliphatic heterocycles. The summed E-state index contributed by atoms with van der Waals surface area (Å²) < 4.78 is 17.2. The van der Waals surface area contributed by atoms with Gasteiger partial charge in [-0.15, -0.1) is 0 Å². The SMILES string of the molecule is CS(=O)(=Nc1ccc2nccc(Cl)c2c1)c1ccccc1. The lowest BCUT2D eigenvalue weighted by molar-refractivity contribution is 0.681. The highest BCUT2D eigenvalue weighted by atomic mass is 35.5. The lowest BCUT2D eigenvalue weighted by Gasteiger charge is -2.05. The van der Waals surface area contributed by atoms with E-state index in [2.05, 4.69) is 9.35 Å². The van der Waals surface area contributed by atoms with Gasteiger partial charge in [-0.3, -0.25) is 4.98 Å². The summed E-state index contributed by atoms with van der Waals surface area (Å²) in [4.78, 5) is 4.95. The zero-order valence-corrected chi connectivity index (χ0v) is 12.9. The fourth-order valence-electron chi connectivity index (χ4n) is 2.08. The topological polar surface area (TPSA) is 42.3 Å². The maximum absolute atomic E-state index is 12.8. The largest absolute Gasteiger partial charge is 0.256 e. The van der Waals surface area contributed by atoms with Crippen molar-refractivity contribution in [1.82, 2.24) is 4.98 Å². The van der Waals surface area contributed by atoms with Gasteiger partial charge in [0.25, 0.3) is 0 Å². The van der Waals surface area contributed by atoms with Gasteiger partial charge < -0.3 is 0 Å². The summed E-state index contributed by atoms with van der Waals surface area (Å²) >= 11 is 6.16. The molecule has 1 aromatic heterocycles. The molecule has 3 nitrogen and oxygen atoms in total. The van der Waals surface area contributed by atoms with Gasteiger partial charge in [-0.2, -0.15) is 4.36 Å². The summed E-state index contributed by atoms with van der Waals surface area (Å²) in [5, 5.41) is 1.42. The third kappa shape index (κ3) is 2.91. The van der Waals surface area contributed by atoms with Gasteiger partial charge in [-0.25, -0.2) is 4.21 Å². The van der Waals surface area contributed by atoms with E-state index in [1.807, 2.05) is 42.5 Å². The van der Waals surface area contributed by atoms with E-state index in [9.17, 15) is 4.21 Å². The number of aromatic nitrogens is 1. The second kappa shape index (κ2) is 5.47. The maximum atomic E-state index is 12.8. The minimum absolute atomic E-state index is 0.611. The number of hydrogen-bond donors (Lipinski definition) is 0. The van der Waals surface area contributed by atoms with Crippen LogP contribution in [0.5, 0.6) is 0 Å². The molecule has 0 N–H and O–H groups in total. The molecular formula is C16H13ClN2OS. The van der Waals surface area contributed by atoms with Crippen molar-refractivity contribution in [3.63, 3.8) is 0 Å². The summed E-state index contributed by atoms with van der Waals surface area (Å²) in [6.45, 7) is 0. The quantitative estimate of drug-likeness (QED) is 0.689. The van der Waals surface area contributed by atoms with Gasteiger partial charge in [-0.05, 0) is 36.4 Å². The molecule has 21 heavy (non-hydrogen) atoms. The van der Waals surface area contributed by atoms with Crippen molar-refractivity contribution >= 4 is 37.9 Å². The van der Waals surface area contributed by atoms with Crippen LogP contribution in [-0.2, 0) is 9.73 Å². The summed E-state index contributed by atoms with van der Waals surface area (Å²) in [7, 11) is -2.48. The maximum Gasteiger partial charge on any atom is 0.0771 e. The Hall–Kier alpha value is -1.91. The van der Waals surface area contributed by atoms with Crippen LogP contribution in [0.4, 0.5) is 5.69 Å². The highest BCUT2D eigenvalue weighted by molar-refractivity contribution is 7.93. The van der Waals surface area contributed by atoms with Crippen molar-refractivity contribution in [1.29, 1.82) is 0 Å². The number of halogens is 1. The Morgan fingerprint density at radius 3 is 2.62 bits per heavy atom. The minimum Gasteiger partial charge on any atom is -0.256 e. The molecule has 0 saturated heterocycles. The first-order chi connectivity index (χ1) is 10.1. The van der Waals surface area contributed by atoms with Crippen LogP contribution in [0.3, 0.4) is 0 Å². The first-order valence-electron chi connectivity index (χ1n) is 6.38. The molecule has 1 atom stereocenters. The molecule has 2 aromatic carbocycles. The Labute approximate surface area is 128 Å². The van der Waals surface area contributed by atoms with Crippen LogP contribution < -0.4 is 0 Å². The van der Waals surface area contributed by atoms with Crippen LogP contribution in [0.1, 0.15) is 0 Å². The fourth-order valence-corrected chi connectivity index (χ4v) is 3.58. The van der Waals surface area contributed by atoms with Crippen molar-refractivity contribution in [2.24, 2.45) is 4.36 Å². The van der Waals surface area contributed by atoms with E-state index in [0.29, 0.717) is 15.6 Å². The van der Waals surface area contributed by atoms with E-state index in [1.54, 1.807) is 24.6 Å². The average molecular weight is 317 g/mol. The van der Waals surface area contributed by atoms with E-state index in [0.717, 1.165) is 10.9 Å². The standard InChI is InChI=1S/C16H13ClN2OS/c1-21(20,13-5-3-2-4-6-13)19-12-7-8-16-14(11-12)15(17)9-10-18-16/h2-11H,1H3. The predicted octanol–water partition coefficient (Wildman–Crippen LogP) is 4.68. The zero-order valence-electron chi connectivity index (χ0n) is 11.4. The van der Waals surface area contributed by atoms with Crippen LogP contribution in [0.2, 0.25) is 5.02 Å². The van der Waals surface area contributed by atoms with E-state index < -0.39 is 9.73 Å². The van der Waals surface area contributed by atoms with Crippen LogP contribution in [-0.4, -0.2) is 15.4 Å². The second-order valence-corrected chi connectivity index (χ2v) is 7.37. The summed E-state index contributed by atoms with van der Waals surface area (Å²) in [6.07, 6.45) is 3.30. The molecule has 106 valence electrons. The number of benzene rings is 2. The average Bonchev–Trinajstić information content (AvgIpc) is 2.49. The Bertz CT molecular complexity index is 916. The molecule has 1 unspecified atom stereocenters. The van der Waals surface area contributed by atoms with E-state index in [4.69, 9.17) is 11.6 Å². The molecule has 5 heteroatoms. The van der Waals surface area contributed by atoms with Gasteiger partial charge in [0.15, 0.2) is 0 Å². The number of rotatable bonds is 2. The summed E-state index contributed by atoms with van der Waals surface area (Å²) in [6, 6.07) is 16.4. The lowest BCUT2D eigenvalue weighted by atomic mass is 10.2. The molecular weight excluding hydrogens is 304 g/mol. The number of nitrogens with zero attached hydrogens (tertiary/aromatic N) is 2. The second-order valence-electron chi connectivity index (χ2n) is 4.70. The lowest BCUT2D eigenvalue weighted by Crippen LogP contribution is -1.96. The molecule has 0 spiro atoms. The first-order valence-corrected chi connectivity index (χ1v) is 8.68. The molecule has 0 aliphatic rings. The first kappa shape index (κ1) is 14.0. The molecule has 0 radical (unpaired) electrons. The Balaban J connectivity index is 2.15. The van der Waals surface area contributed by atoms with Crippen molar-refractivity contribution in [2.45, 2.75) is 4.90 Å². The Morgan fingerprint density at radius 2 is 1.86 bits per heavy atom. The molecule has 3 rings (SSSR count). The molecule has 3 aromatic rings. The van der Waals surface area contributed by atoms with Crippen molar-refractivity contribution in [2.75, 3.05) is 6.26 Å². The molecule has 0 saturated carbocycles. The highest BCUT2D eigenvalue weighted by Crippen LogP contribution is 2.27. The van der Waals surface area contributed by atoms with E-state index >= 15 is 0 Å². The van der Waals surface area contributed by atoms with Gasteiger partial charge in [0, 0.05) is 22.7 Å². The van der Waals surface area contributed by atoms with Gasteiger partial charge in [0.1, 0.15) is 0 Å². The third-order valence-corrected chi connectivity index (χ3v) is 5.17. The van der Waals surface area contributed by atoms with Gasteiger partial charge >= 0.3 is 0 Å². The van der Waals surface area contributed by atoms with Crippen LogP contribution in [0, 0.1) is 0 Å². The van der Waals surface area contributed by atoms with Gasteiger partial charge in [-0.1, -0.05) is 29.8 Å². The zero-order chi connectivity index (χ0) is 14.9. The summed E-state index contributed by atoms with van der Waals surface area (Å²) in [5.74, 6) is 0. The minimum atomic E-state index is -2.48. The monoisotopic (exact) mass is 316 g/mol. The molecule has 0 amide bonds. The Morgan fingerprint density at radius 1 is 1.10 bits per heavy atom. The molecule has 0 aliphatic carbocycles. The van der Waals surface area contributed by atoms with Crippen molar-refractivity contribution in [3.05, 3.63) is 65.8 Å². The smallest absolute Gasteiger partial charge is 0.0771 e. The van der Waals surface area contributed by atoms with Gasteiger partial charge in [0.05, 0.1) is 26.0 Å². The predicted molar refractivity (Wildman–Crippen MR) is 87.6 cm³/mol. The van der Waals surface area contributed by atoms with Crippen molar-refractivity contribution < 1.29 is 4.21 Å². The van der Waals surface area contributed by atoms with Crippen LogP contribution >= 0.6 is 11.6 Å². The highest BCUT2D eigenvalue weighted by Gasteiger charge is 2.07. The molecule has 0 bridgehead atoms. The number of hydrogen-bond acceptors (Lipinski definition) is 3. The normalized spacial score (nSPS) is 13.8. The van der Waals surface area contributed by atoms with Crippen molar-refractivity contribution in [3.8, 4) is 0 Å². The third-order valence-electron chi connectivity index (χ3n) is 3.13. The Kier molecular flexibility index (Phi) is 3.66. The number of pyridine rings is 1. The number of fused-ring (bicyclic) bond motifs is 1. The van der Waals surface area contributed by atoms with Gasteiger partial charge in [0.2, 0.25) is 0 Å². The molecule has 0 fully saturated rings. The van der Waals surface area contributed by atoms with E-state index in [1.165, 1.54) is 0 Å². The fraction of sp³-hybridized carbons (Fsp3) is 0.0625. The van der Waals surface area contributed by atoms with Crippen LogP contribution in [0.25, 0.3) is 10.9 Å². The molecule has 1 heterocycles. The van der Waals surface area contributed by atoms with E-state index in [-0.39, 0.29) is 0 Å². The summed E-state index contributed by atoms with van der Waals surface area (Å²) in [5.41, 5.74) is 1.43. The van der Waals surface area contributed by atoms with Crippen LogP contribution in [0.15, 0.2) is 70.1 Å².